The van der Waals surface area contributed by atoms with Gasteiger partial charge in [-0.2, -0.15) is 0 Å². The maximum absolute atomic E-state index is 9.56. The van der Waals surface area contributed by atoms with Crippen molar-refractivity contribution in [2.75, 3.05) is 0 Å². The number of aromatic nitrogens is 3. The lowest BCUT2D eigenvalue weighted by Crippen LogP contribution is -2.01. The smallest absolute Gasteiger partial charge is 0.113 e. The molecule has 0 spiro atoms. The molecule has 2 aromatic heterocycles. The van der Waals surface area contributed by atoms with Gasteiger partial charge in [0.25, 0.3) is 0 Å². The summed E-state index contributed by atoms with van der Waals surface area (Å²) in [5, 5.41) is 10.1. The lowest BCUT2D eigenvalue weighted by atomic mass is 10.1. The Bertz CT molecular complexity index is 485. The highest BCUT2D eigenvalue weighted by atomic mass is 35.5. The quantitative estimate of drug-likeness (QED) is 0.867. The van der Waals surface area contributed by atoms with E-state index in [1.807, 2.05) is 0 Å². The Labute approximate surface area is 98.0 Å². The third-order valence-corrected chi connectivity index (χ3v) is 2.32. The van der Waals surface area contributed by atoms with Crippen molar-refractivity contribution in [2.24, 2.45) is 0 Å². The number of pyridine rings is 1. The minimum atomic E-state index is -0.679. The van der Waals surface area contributed by atoms with Crippen molar-refractivity contribution in [1.29, 1.82) is 0 Å². The van der Waals surface area contributed by atoms with Gasteiger partial charge in [-0.3, -0.25) is 15.0 Å². The van der Waals surface area contributed by atoms with Crippen molar-refractivity contribution in [3.8, 4) is 11.4 Å². The summed E-state index contributed by atoms with van der Waals surface area (Å²) in [6, 6.07) is 3.47. The molecule has 0 aliphatic rings. The number of aliphatic hydroxyl groups is 1. The first-order valence-electron chi connectivity index (χ1n) is 4.79. The van der Waals surface area contributed by atoms with Gasteiger partial charge in [0.15, 0.2) is 0 Å². The van der Waals surface area contributed by atoms with Crippen molar-refractivity contribution >= 4 is 11.6 Å². The van der Waals surface area contributed by atoms with E-state index in [4.69, 9.17) is 11.6 Å². The van der Waals surface area contributed by atoms with Gasteiger partial charge in [-0.1, -0.05) is 11.6 Å². The van der Waals surface area contributed by atoms with Crippen LogP contribution in [0.1, 0.15) is 18.7 Å². The van der Waals surface area contributed by atoms with E-state index in [9.17, 15) is 5.11 Å². The number of halogens is 1. The lowest BCUT2D eigenvalue weighted by molar-refractivity contribution is 0.194. The van der Waals surface area contributed by atoms with Gasteiger partial charge in [0.1, 0.15) is 5.69 Å². The third-order valence-electron chi connectivity index (χ3n) is 2.09. The Hall–Kier alpha value is -1.52. The zero-order valence-electron chi connectivity index (χ0n) is 8.63. The summed E-state index contributed by atoms with van der Waals surface area (Å²) in [4.78, 5) is 12.4. The molecule has 0 fully saturated rings. The molecule has 0 saturated carbocycles. The average Bonchev–Trinajstić information content (AvgIpc) is 2.30. The van der Waals surface area contributed by atoms with Crippen molar-refractivity contribution in [3.05, 3.63) is 41.4 Å². The fourth-order valence-corrected chi connectivity index (χ4v) is 1.48. The van der Waals surface area contributed by atoms with Crippen LogP contribution in [0.25, 0.3) is 11.4 Å². The molecule has 16 heavy (non-hydrogen) atoms. The lowest BCUT2D eigenvalue weighted by Gasteiger charge is -2.08. The van der Waals surface area contributed by atoms with E-state index in [2.05, 4.69) is 15.0 Å². The molecule has 0 aliphatic carbocycles. The maximum Gasteiger partial charge on any atom is 0.113 e. The molecular weight excluding hydrogens is 226 g/mol. The maximum atomic E-state index is 9.56. The summed E-state index contributed by atoms with van der Waals surface area (Å²) in [6.45, 7) is 1.64. The van der Waals surface area contributed by atoms with Crippen LogP contribution < -0.4 is 0 Å². The van der Waals surface area contributed by atoms with Crippen LogP contribution in [0.3, 0.4) is 0 Å². The minimum Gasteiger partial charge on any atom is -0.387 e. The number of aliphatic hydroxyl groups excluding tert-OH is 1. The largest absolute Gasteiger partial charge is 0.387 e. The van der Waals surface area contributed by atoms with Gasteiger partial charge in [-0.15, -0.1) is 0 Å². The first kappa shape index (κ1) is 11.0. The highest BCUT2D eigenvalue weighted by Crippen LogP contribution is 2.22. The van der Waals surface area contributed by atoms with E-state index in [1.165, 1.54) is 6.20 Å². The fraction of sp³-hybridized carbons (Fsp3) is 0.182. The van der Waals surface area contributed by atoms with Gasteiger partial charge in [-0.05, 0) is 19.1 Å². The van der Waals surface area contributed by atoms with E-state index in [1.54, 1.807) is 31.5 Å². The number of rotatable bonds is 2. The Kier molecular flexibility index (Phi) is 3.12. The summed E-state index contributed by atoms with van der Waals surface area (Å²) in [6.07, 6.45) is 3.97. The van der Waals surface area contributed by atoms with E-state index >= 15 is 0 Å². The molecule has 0 radical (unpaired) electrons. The molecule has 0 bridgehead atoms. The molecule has 2 heterocycles. The Morgan fingerprint density at radius 1 is 1.19 bits per heavy atom. The van der Waals surface area contributed by atoms with E-state index < -0.39 is 6.10 Å². The predicted molar refractivity (Wildman–Crippen MR) is 60.9 cm³/mol. The van der Waals surface area contributed by atoms with Crippen LogP contribution in [-0.2, 0) is 0 Å². The predicted octanol–water partition coefficient (Wildman–Crippen LogP) is 2.25. The Morgan fingerprint density at radius 2 is 1.94 bits per heavy atom. The van der Waals surface area contributed by atoms with Crippen LogP contribution >= 0.6 is 11.6 Å². The van der Waals surface area contributed by atoms with Crippen molar-refractivity contribution in [2.45, 2.75) is 13.0 Å². The SMILES string of the molecule is CC(O)c1nccnc1-c1ccc(Cl)cn1. The first-order chi connectivity index (χ1) is 7.68. The van der Waals surface area contributed by atoms with Crippen LogP contribution in [-0.4, -0.2) is 20.1 Å². The van der Waals surface area contributed by atoms with Crippen molar-refractivity contribution in [3.63, 3.8) is 0 Å². The van der Waals surface area contributed by atoms with E-state index in [-0.39, 0.29) is 0 Å². The second kappa shape index (κ2) is 4.55. The first-order valence-corrected chi connectivity index (χ1v) is 5.17. The minimum absolute atomic E-state index is 0.511. The summed E-state index contributed by atoms with van der Waals surface area (Å²) in [7, 11) is 0. The molecular formula is C11H10ClN3O. The van der Waals surface area contributed by atoms with E-state index in [0.29, 0.717) is 22.1 Å². The molecule has 4 nitrogen and oxygen atoms in total. The summed E-state index contributed by atoms with van der Waals surface area (Å²) >= 11 is 5.75. The molecule has 2 aromatic rings. The highest BCUT2D eigenvalue weighted by Gasteiger charge is 2.12. The summed E-state index contributed by atoms with van der Waals surface area (Å²) in [5.41, 5.74) is 1.74. The summed E-state index contributed by atoms with van der Waals surface area (Å²) < 4.78 is 0. The van der Waals surface area contributed by atoms with Crippen LogP contribution in [0, 0.1) is 0 Å². The molecule has 0 saturated heterocycles. The standard InChI is InChI=1S/C11H10ClN3O/c1-7(16)10-11(14-5-4-13-10)9-3-2-8(12)6-15-9/h2-7,16H,1H3. The Morgan fingerprint density at radius 3 is 2.56 bits per heavy atom. The zero-order valence-corrected chi connectivity index (χ0v) is 9.39. The Balaban J connectivity index is 2.51. The monoisotopic (exact) mass is 235 g/mol. The number of hydrogen-bond acceptors (Lipinski definition) is 4. The van der Waals surface area contributed by atoms with Gasteiger partial charge < -0.3 is 5.11 Å². The topological polar surface area (TPSA) is 58.9 Å². The summed E-state index contributed by atoms with van der Waals surface area (Å²) in [5.74, 6) is 0. The third kappa shape index (κ3) is 2.18. The molecule has 0 amide bonds. The van der Waals surface area contributed by atoms with Crippen molar-refractivity contribution < 1.29 is 5.11 Å². The second-order valence-corrected chi connectivity index (χ2v) is 3.76. The van der Waals surface area contributed by atoms with Gasteiger partial charge in [0, 0.05) is 18.6 Å². The molecule has 1 N–H and O–H groups in total. The molecule has 1 atom stereocenters. The van der Waals surface area contributed by atoms with Crippen LogP contribution in [0.5, 0.6) is 0 Å². The van der Waals surface area contributed by atoms with Gasteiger partial charge >= 0.3 is 0 Å². The fourth-order valence-electron chi connectivity index (χ4n) is 1.37. The zero-order chi connectivity index (χ0) is 11.5. The van der Waals surface area contributed by atoms with Crippen LogP contribution in [0.2, 0.25) is 5.02 Å². The molecule has 82 valence electrons. The molecule has 0 aliphatic heterocycles. The number of nitrogens with zero attached hydrogens (tertiary/aromatic N) is 3. The molecule has 5 heteroatoms. The van der Waals surface area contributed by atoms with Crippen LogP contribution in [0.15, 0.2) is 30.7 Å². The second-order valence-electron chi connectivity index (χ2n) is 3.33. The average molecular weight is 236 g/mol. The number of hydrogen-bond donors (Lipinski definition) is 1. The molecule has 2 rings (SSSR count). The van der Waals surface area contributed by atoms with Crippen molar-refractivity contribution in [1.82, 2.24) is 15.0 Å². The molecule has 1 unspecified atom stereocenters. The van der Waals surface area contributed by atoms with Gasteiger partial charge in [0.2, 0.25) is 0 Å². The van der Waals surface area contributed by atoms with Gasteiger partial charge in [-0.25, -0.2) is 0 Å². The molecule has 0 aromatic carbocycles. The van der Waals surface area contributed by atoms with Crippen LogP contribution in [0.4, 0.5) is 0 Å². The highest BCUT2D eigenvalue weighted by molar-refractivity contribution is 6.30. The van der Waals surface area contributed by atoms with E-state index in [0.717, 1.165) is 0 Å². The normalized spacial score (nSPS) is 12.4. The van der Waals surface area contributed by atoms with Gasteiger partial charge in [0.05, 0.1) is 22.5 Å².